The van der Waals surface area contributed by atoms with Crippen LogP contribution in [0.4, 0.5) is 43.9 Å². The average molecular weight is 390 g/mol. The molecule has 0 radical (unpaired) electrons. The first-order valence-corrected chi connectivity index (χ1v) is 7.04. The van der Waals surface area contributed by atoms with Crippen molar-refractivity contribution in [3.8, 4) is 0 Å². The molecule has 25 heavy (non-hydrogen) atoms. The fourth-order valence-electron chi connectivity index (χ4n) is 2.92. The zero-order valence-corrected chi connectivity index (χ0v) is 12.2. The molecular weight excluding hydrogens is 378 g/mol. The zero-order chi connectivity index (χ0) is 19.3. The van der Waals surface area contributed by atoms with Gasteiger partial charge in [-0.25, -0.2) is 4.39 Å². The van der Waals surface area contributed by atoms with Gasteiger partial charge in [0.1, 0.15) is 0 Å². The van der Waals surface area contributed by atoms with Crippen molar-refractivity contribution in [1.82, 2.24) is 0 Å². The summed E-state index contributed by atoms with van der Waals surface area (Å²) in [5, 5.41) is 0. The molecule has 0 saturated heterocycles. The summed E-state index contributed by atoms with van der Waals surface area (Å²) < 4.78 is 127. The maximum Gasteiger partial charge on any atom is 0.459 e. The van der Waals surface area contributed by atoms with Crippen molar-refractivity contribution in [2.24, 2.45) is 17.8 Å². The van der Waals surface area contributed by atoms with Gasteiger partial charge in [-0.3, -0.25) is 0 Å². The molecule has 2 aliphatic carbocycles. The van der Waals surface area contributed by atoms with E-state index in [0.29, 0.717) is 6.42 Å². The third-order valence-corrected chi connectivity index (χ3v) is 4.21. The Balaban J connectivity index is 1.91. The van der Waals surface area contributed by atoms with Crippen molar-refractivity contribution in [3.05, 3.63) is 12.2 Å². The van der Waals surface area contributed by atoms with Crippen molar-refractivity contribution < 1.29 is 53.7 Å². The Labute approximate surface area is 134 Å². The van der Waals surface area contributed by atoms with Crippen LogP contribution in [0.25, 0.3) is 0 Å². The highest BCUT2D eigenvalue weighted by atomic mass is 19.4. The number of hydrogen-bond acceptors (Lipinski definition) is 2. The Bertz CT molecular complexity index is 515. The van der Waals surface area contributed by atoms with Gasteiger partial charge >= 0.3 is 24.1 Å². The van der Waals surface area contributed by atoms with E-state index in [-0.39, 0.29) is 12.3 Å². The van der Waals surface area contributed by atoms with Gasteiger partial charge in [0.2, 0.25) is 6.36 Å². The van der Waals surface area contributed by atoms with Gasteiger partial charge in [-0.05, 0) is 24.7 Å². The molecule has 3 unspecified atom stereocenters. The van der Waals surface area contributed by atoms with Crippen LogP contribution in [-0.4, -0.2) is 30.5 Å². The number of rotatable bonds is 7. The molecule has 146 valence electrons. The van der Waals surface area contributed by atoms with Gasteiger partial charge in [0.25, 0.3) is 0 Å². The Morgan fingerprint density at radius 1 is 0.920 bits per heavy atom. The number of allylic oxidation sites excluding steroid dienone is 2. The third kappa shape index (κ3) is 3.88. The van der Waals surface area contributed by atoms with Crippen LogP contribution in [-0.2, 0) is 9.78 Å². The molecule has 1 saturated carbocycles. The predicted molar refractivity (Wildman–Crippen MR) is 61.4 cm³/mol. The molecule has 0 aromatic heterocycles. The lowest BCUT2D eigenvalue weighted by Gasteiger charge is -2.30. The standard InChI is InChI=1S/C13H12F10O2/c14-9(5-10(15,16)12(19,20)13(21,22)23)24-25-11(17,18)8-4-6-1-2-7(8)3-6/h1-2,6-9H,3-5H2/t6?,7?,8?,9-/m1/s1. The first-order chi connectivity index (χ1) is 11.2. The fourth-order valence-corrected chi connectivity index (χ4v) is 2.92. The molecule has 0 aliphatic heterocycles. The maximum absolute atomic E-state index is 13.7. The second-order valence-corrected chi connectivity index (χ2v) is 6.02. The highest BCUT2D eigenvalue weighted by molar-refractivity contribution is 5.11. The van der Waals surface area contributed by atoms with Gasteiger partial charge in [-0.2, -0.15) is 49.3 Å². The van der Waals surface area contributed by atoms with E-state index < -0.39 is 48.7 Å². The number of halogens is 10. The molecule has 0 spiro atoms. The van der Waals surface area contributed by atoms with E-state index >= 15 is 0 Å². The summed E-state index contributed by atoms with van der Waals surface area (Å²) in [5.41, 5.74) is 0. The van der Waals surface area contributed by atoms with E-state index in [1.54, 1.807) is 6.08 Å². The van der Waals surface area contributed by atoms with Gasteiger partial charge in [0, 0.05) is 0 Å². The molecular formula is C13H12F10O2. The van der Waals surface area contributed by atoms with Crippen LogP contribution in [0.2, 0.25) is 0 Å². The lowest BCUT2D eigenvalue weighted by molar-refractivity contribution is -0.488. The van der Waals surface area contributed by atoms with Crippen molar-refractivity contribution in [1.29, 1.82) is 0 Å². The topological polar surface area (TPSA) is 18.5 Å². The van der Waals surface area contributed by atoms with E-state index in [4.69, 9.17) is 0 Å². The normalized spacial score (nSPS) is 28.6. The molecule has 0 heterocycles. The summed E-state index contributed by atoms with van der Waals surface area (Å²) in [5.74, 6) is -14.7. The van der Waals surface area contributed by atoms with Crippen LogP contribution in [0.3, 0.4) is 0 Å². The third-order valence-electron chi connectivity index (χ3n) is 4.21. The monoisotopic (exact) mass is 390 g/mol. The number of hydrogen-bond donors (Lipinski definition) is 0. The Hall–Kier alpha value is -1.04. The molecule has 1 fully saturated rings. The Morgan fingerprint density at radius 3 is 1.96 bits per heavy atom. The minimum Gasteiger partial charge on any atom is -0.213 e. The SMILES string of the molecule is F[C@@H](CC(F)(F)C(F)(F)C(F)(F)F)OOC(F)(F)C1CC2C=CC1C2. The summed E-state index contributed by atoms with van der Waals surface area (Å²) >= 11 is 0. The van der Waals surface area contributed by atoms with E-state index in [2.05, 4.69) is 9.78 Å². The highest BCUT2D eigenvalue weighted by Crippen LogP contribution is 2.51. The molecule has 12 heteroatoms. The smallest absolute Gasteiger partial charge is 0.213 e. The van der Waals surface area contributed by atoms with E-state index in [9.17, 15) is 43.9 Å². The van der Waals surface area contributed by atoms with Gasteiger partial charge < -0.3 is 0 Å². The van der Waals surface area contributed by atoms with Crippen LogP contribution >= 0.6 is 0 Å². The zero-order valence-electron chi connectivity index (χ0n) is 12.2. The van der Waals surface area contributed by atoms with Crippen molar-refractivity contribution in [2.45, 2.75) is 49.8 Å². The molecule has 0 aromatic rings. The first kappa shape index (κ1) is 20.3. The van der Waals surface area contributed by atoms with Gasteiger partial charge in [0.05, 0.1) is 12.3 Å². The lowest BCUT2D eigenvalue weighted by atomic mass is 9.93. The van der Waals surface area contributed by atoms with Crippen molar-refractivity contribution in [2.75, 3.05) is 0 Å². The quantitative estimate of drug-likeness (QED) is 0.256. The molecule has 2 nitrogen and oxygen atoms in total. The molecule has 0 N–H and O–H groups in total. The first-order valence-electron chi connectivity index (χ1n) is 7.04. The summed E-state index contributed by atoms with van der Waals surface area (Å²) in [6.07, 6.45) is -13.7. The fraction of sp³-hybridized carbons (Fsp3) is 0.846. The minimum absolute atomic E-state index is 0.0449. The molecule has 0 amide bonds. The Kier molecular flexibility index (Phi) is 5.10. The van der Waals surface area contributed by atoms with E-state index in [1.165, 1.54) is 6.08 Å². The van der Waals surface area contributed by atoms with Gasteiger partial charge in [-0.15, -0.1) is 0 Å². The molecule has 4 atom stereocenters. The van der Waals surface area contributed by atoms with Crippen LogP contribution in [0.1, 0.15) is 19.3 Å². The lowest BCUT2D eigenvalue weighted by Crippen LogP contribution is -2.53. The maximum atomic E-state index is 13.7. The van der Waals surface area contributed by atoms with Crippen molar-refractivity contribution in [3.63, 3.8) is 0 Å². The van der Waals surface area contributed by atoms with Gasteiger partial charge in [0.15, 0.2) is 0 Å². The highest BCUT2D eigenvalue weighted by Gasteiger charge is 2.73. The second-order valence-electron chi connectivity index (χ2n) is 6.02. The van der Waals surface area contributed by atoms with Crippen LogP contribution < -0.4 is 0 Å². The van der Waals surface area contributed by atoms with Gasteiger partial charge in [-0.1, -0.05) is 12.2 Å². The number of fused-ring (bicyclic) bond motifs is 2. The average Bonchev–Trinajstić information content (AvgIpc) is 3.06. The Morgan fingerprint density at radius 2 is 1.52 bits per heavy atom. The molecule has 2 bridgehead atoms. The number of alkyl halides is 10. The minimum atomic E-state index is -6.66. The largest absolute Gasteiger partial charge is 0.459 e. The molecule has 2 aliphatic rings. The van der Waals surface area contributed by atoms with Crippen molar-refractivity contribution >= 4 is 0 Å². The molecule has 2 rings (SSSR count). The summed E-state index contributed by atoms with van der Waals surface area (Å²) in [4.78, 5) is 6.82. The van der Waals surface area contributed by atoms with Crippen LogP contribution in [0.5, 0.6) is 0 Å². The second kappa shape index (κ2) is 6.29. The summed E-state index contributed by atoms with van der Waals surface area (Å²) in [7, 11) is 0. The summed E-state index contributed by atoms with van der Waals surface area (Å²) in [6.45, 7) is 0. The van der Waals surface area contributed by atoms with Crippen LogP contribution in [0, 0.1) is 17.8 Å². The predicted octanol–water partition coefficient (Wildman–Crippen LogP) is 5.26. The summed E-state index contributed by atoms with van der Waals surface area (Å²) in [6, 6.07) is 0. The van der Waals surface area contributed by atoms with E-state index in [0.717, 1.165) is 0 Å². The molecule has 0 aromatic carbocycles. The van der Waals surface area contributed by atoms with Crippen LogP contribution in [0.15, 0.2) is 12.2 Å². The van der Waals surface area contributed by atoms with E-state index in [1.807, 2.05) is 0 Å².